The van der Waals surface area contributed by atoms with Gasteiger partial charge in [0, 0.05) is 35.1 Å². The van der Waals surface area contributed by atoms with Crippen molar-refractivity contribution < 1.29 is 19.4 Å². The standard InChI is InChI=1S/C13H12Cl2O4.Na/c1-3-7(2)13(18)8-4-5-9(12(15)11(8)14)19-6-10(16)17;/h4-5H,2-3,6H2,1H3,(H,16,17);. The predicted molar refractivity (Wildman–Crippen MR) is 79.1 cm³/mol. The molecule has 0 bridgehead atoms. The average molecular weight is 326 g/mol. The van der Waals surface area contributed by atoms with E-state index in [4.69, 9.17) is 33.0 Å². The number of halogens is 2. The summed E-state index contributed by atoms with van der Waals surface area (Å²) in [5, 5.41) is 8.56. The van der Waals surface area contributed by atoms with Crippen molar-refractivity contribution in [2.24, 2.45) is 0 Å². The predicted octanol–water partition coefficient (Wildman–Crippen LogP) is 3.22. The van der Waals surface area contributed by atoms with E-state index in [-0.39, 0.29) is 56.7 Å². The van der Waals surface area contributed by atoms with Crippen LogP contribution in [0.4, 0.5) is 0 Å². The molecule has 0 amide bonds. The van der Waals surface area contributed by atoms with Crippen molar-refractivity contribution in [2.45, 2.75) is 13.3 Å². The van der Waals surface area contributed by atoms with Crippen LogP contribution in [0.3, 0.4) is 0 Å². The minimum atomic E-state index is -1.13. The molecule has 0 saturated carbocycles. The van der Waals surface area contributed by atoms with Crippen LogP contribution in [0.5, 0.6) is 5.75 Å². The average Bonchev–Trinajstić information content (AvgIpc) is 2.38. The summed E-state index contributed by atoms with van der Waals surface area (Å²) in [5.74, 6) is -1.31. The molecule has 20 heavy (non-hydrogen) atoms. The van der Waals surface area contributed by atoms with Crippen LogP contribution >= 0.6 is 23.2 Å². The second kappa shape index (κ2) is 8.70. The van der Waals surface area contributed by atoms with Crippen molar-refractivity contribution in [3.05, 3.63) is 39.9 Å². The van der Waals surface area contributed by atoms with Gasteiger partial charge in [-0.15, -0.1) is 0 Å². The van der Waals surface area contributed by atoms with Crippen LogP contribution in [-0.2, 0) is 4.79 Å². The zero-order valence-electron chi connectivity index (χ0n) is 11.2. The molecule has 0 heterocycles. The fraction of sp³-hybridized carbons (Fsp3) is 0.231. The van der Waals surface area contributed by atoms with Gasteiger partial charge in [-0.05, 0) is 24.1 Å². The molecule has 0 aliphatic rings. The van der Waals surface area contributed by atoms with Crippen molar-refractivity contribution >= 4 is 64.5 Å². The van der Waals surface area contributed by atoms with Gasteiger partial charge in [0.15, 0.2) is 12.4 Å². The van der Waals surface area contributed by atoms with Crippen LogP contribution in [0.25, 0.3) is 0 Å². The number of carboxylic acids is 1. The van der Waals surface area contributed by atoms with Crippen molar-refractivity contribution in [1.82, 2.24) is 0 Å². The second-order valence-electron chi connectivity index (χ2n) is 3.71. The molecule has 0 unspecified atom stereocenters. The molecular formula is C13H12Cl2NaO4. The Labute approximate surface area is 149 Å². The van der Waals surface area contributed by atoms with E-state index in [1.807, 2.05) is 0 Å². The Morgan fingerprint density at radius 1 is 1.30 bits per heavy atom. The smallest absolute Gasteiger partial charge is 0.341 e. The Morgan fingerprint density at radius 2 is 1.90 bits per heavy atom. The minimum Gasteiger partial charge on any atom is -0.480 e. The third-order valence-electron chi connectivity index (χ3n) is 2.39. The molecule has 0 fully saturated rings. The summed E-state index contributed by atoms with van der Waals surface area (Å²) in [6, 6.07) is 2.85. The first-order valence-corrected chi connectivity index (χ1v) is 6.19. The third kappa shape index (κ3) is 4.79. The van der Waals surface area contributed by atoms with Crippen molar-refractivity contribution in [3.63, 3.8) is 0 Å². The molecule has 1 N–H and O–H groups in total. The number of allylic oxidation sites excluding steroid dienone is 1. The molecule has 0 aliphatic carbocycles. The number of Topliss-reactive ketones (excluding diaryl/α,β-unsaturated/α-hetero) is 1. The van der Waals surface area contributed by atoms with E-state index in [1.54, 1.807) is 6.92 Å². The zero-order valence-corrected chi connectivity index (χ0v) is 14.7. The van der Waals surface area contributed by atoms with Crippen LogP contribution in [0.15, 0.2) is 24.3 Å². The van der Waals surface area contributed by atoms with Crippen LogP contribution < -0.4 is 4.74 Å². The van der Waals surface area contributed by atoms with E-state index in [1.165, 1.54) is 12.1 Å². The van der Waals surface area contributed by atoms with Gasteiger partial charge < -0.3 is 9.84 Å². The van der Waals surface area contributed by atoms with Crippen molar-refractivity contribution in [3.8, 4) is 5.75 Å². The van der Waals surface area contributed by atoms with Gasteiger partial charge in [-0.3, -0.25) is 4.79 Å². The zero-order chi connectivity index (χ0) is 14.6. The maximum Gasteiger partial charge on any atom is 0.341 e. The SMILES string of the molecule is C=C(CC)C(=O)c1ccc(OCC(=O)O)c(Cl)c1Cl.[Na]. The molecule has 0 atom stereocenters. The Morgan fingerprint density at radius 3 is 2.40 bits per heavy atom. The Kier molecular flexibility index (Phi) is 8.47. The maximum atomic E-state index is 11.9. The first-order valence-electron chi connectivity index (χ1n) is 5.43. The Hall–Kier alpha value is -0.520. The number of carboxylic acid groups (broad SMARTS) is 1. The molecule has 1 radical (unpaired) electrons. The molecule has 1 aromatic carbocycles. The summed E-state index contributed by atoms with van der Waals surface area (Å²) in [5.41, 5.74) is 0.637. The van der Waals surface area contributed by atoms with Gasteiger partial charge in [-0.2, -0.15) is 0 Å². The second-order valence-corrected chi connectivity index (χ2v) is 4.46. The van der Waals surface area contributed by atoms with Gasteiger partial charge in [0.05, 0.1) is 5.02 Å². The molecule has 0 aliphatic heterocycles. The topological polar surface area (TPSA) is 63.6 Å². The summed E-state index contributed by atoms with van der Waals surface area (Å²) in [4.78, 5) is 22.4. The summed E-state index contributed by atoms with van der Waals surface area (Å²) in [6.07, 6.45) is 0.504. The van der Waals surface area contributed by atoms with E-state index >= 15 is 0 Å². The third-order valence-corrected chi connectivity index (χ3v) is 3.26. The molecule has 1 aromatic rings. The van der Waals surface area contributed by atoms with Gasteiger partial charge >= 0.3 is 5.97 Å². The number of ketones is 1. The molecule has 0 spiro atoms. The number of carbonyl (C=O) groups is 2. The quantitative estimate of drug-likeness (QED) is 0.495. The maximum absolute atomic E-state index is 11.9. The molecule has 1 rings (SSSR count). The summed E-state index contributed by atoms with van der Waals surface area (Å²) >= 11 is 11.9. The van der Waals surface area contributed by atoms with Crippen molar-refractivity contribution in [2.75, 3.05) is 6.61 Å². The van der Waals surface area contributed by atoms with Gasteiger partial charge in [0.2, 0.25) is 0 Å². The van der Waals surface area contributed by atoms with Gasteiger partial charge in [0.1, 0.15) is 10.8 Å². The van der Waals surface area contributed by atoms with Crippen LogP contribution in [0.2, 0.25) is 10.0 Å². The minimum absolute atomic E-state index is 0. The number of ether oxygens (including phenoxy) is 1. The van der Waals surface area contributed by atoms with Crippen LogP contribution in [0, 0.1) is 0 Å². The monoisotopic (exact) mass is 325 g/mol. The van der Waals surface area contributed by atoms with Crippen LogP contribution in [-0.4, -0.2) is 53.0 Å². The molecule has 7 heteroatoms. The molecule has 4 nitrogen and oxygen atoms in total. The van der Waals surface area contributed by atoms with Gasteiger partial charge in [0.25, 0.3) is 0 Å². The largest absolute Gasteiger partial charge is 0.480 e. The Bertz CT molecular complexity index is 543. The number of benzene rings is 1. The molecule has 0 aromatic heterocycles. The Balaban J connectivity index is 0.00000361. The van der Waals surface area contributed by atoms with E-state index in [0.717, 1.165) is 0 Å². The van der Waals surface area contributed by atoms with Crippen molar-refractivity contribution in [1.29, 1.82) is 0 Å². The molecular weight excluding hydrogens is 314 g/mol. The first kappa shape index (κ1) is 19.5. The number of rotatable bonds is 6. The van der Waals surface area contributed by atoms with E-state index in [9.17, 15) is 9.59 Å². The van der Waals surface area contributed by atoms with E-state index in [0.29, 0.717) is 12.0 Å². The van der Waals surface area contributed by atoms with E-state index < -0.39 is 12.6 Å². The van der Waals surface area contributed by atoms with Gasteiger partial charge in [-0.25, -0.2) is 4.79 Å². The van der Waals surface area contributed by atoms with Gasteiger partial charge in [-0.1, -0.05) is 36.7 Å². The fourth-order valence-electron chi connectivity index (χ4n) is 1.31. The molecule has 103 valence electrons. The fourth-order valence-corrected chi connectivity index (χ4v) is 1.77. The summed E-state index contributed by atoms with van der Waals surface area (Å²) in [7, 11) is 0. The number of hydrogen-bond acceptors (Lipinski definition) is 3. The number of hydrogen-bond donors (Lipinski definition) is 1. The first-order chi connectivity index (χ1) is 8.88. The summed E-state index contributed by atoms with van der Waals surface area (Å²) in [6.45, 7) is 4.91. The summed E-state index contributed by atoms with van der Waals surface area (Å²) < 4.78 is 4.95. The molecule has 0 saturated heterocycles. The normalized spacial score (nSPS) is 9.55. The van der Waals surface area contributed by atoms with Crippen LogP contribution in [0.1, 0.15) is 23.7 Å². The number of aliphatic carboxylic acids is 1. The number of carbonyl (C=O) groups excluding carboxylic acids is 1. The van der Waals surface area contributed by atoms with E-state index in [2.05, 4.69) is 6.58 Å².